The van der Waals surface area contributed by atoms with E-state index in [-0.39, 0.29) is 5.41 Å². The Morgan fingerprint density at radius 1 is 1.25 bits per heavy atom. The van der Waals surface area contributed by atoms with Gasteiger partial charge in [-0.05, 0) is 43.4 Å². The number of rotatable bonds is 4. The fraction of sp³-hybridized carbons (Fsp3) is 0.667. The van der Waals surface area contributed by atoms with Crippen molar-refractivity contribution in [1.29, 1.82) is 0 Å². The summed E-state index contributed by atoms with van der Waals surface area (Å²) in [5.41, 5.74) is 3.05. The predicted octanol–water partition coefficient (Wildman–Crippen LogP) is 3.54. The van der Waals surface area contributed by atoms with E-state index in [4.69, 9.17) is 4.74 Å². The second-order valence-electron chi connectivity index (χ2n) is 7.07. The van der Waals surface area contributed by atoms with E-state index in [1.807, 2.05) is 0 Å². The summed E-state index contributed by atoms with van der Waals surface area (Å²) in [5, 5.41) is 3.49. The van der Waals surface area contributed by atoms with E-state index in [0.717, 1.165) is 13.0 Å². The lowest BCUT2D eigenvalue weighted by molar-refractivity contribution is 0.0963. The number of benzene rings is 1. The summed E-state index contributed by atoms with van der Waals surface area (Å²) in [7, 11) is 2.07. The summed E-state index contributed by atoms with van der Waals surface area (Å²) < 4.78 is 5.71. The van der Waals surface area contributed by atoms with E-state index in [2.05, 4.69) is 64.3 Å². The summed E-state index contributed by atoms with van der Waals surface area (Å²) in [6, 6.07) is 9.62. The molecule has 112 valence electrons. The van der Waals surface area contributed by atoms with Gasteiger partial charge in [0.1, 0.15) is 0 Å². The van der Waals surface area contributed by atoms with Crippen molar-refractivity contribution in [2.45, 2.75) is 58.1 Å². The molecule has 3 atom stereocenters. The van der Waals surface area contributed by atoms with E-state index < -0.39 is 0 Å². The van der Waals surface area contributed by atoms with Crippen LogP contribution in [-0.4, -0.2) is 25.8 Å². The van der Waals surface area contributed by atoms with Gasteiger partial charge in [-0.3, -0.25) is 0 Å². The van der Waals surface area contributed by atoms with Gasteiger partial charge in [0, 0.05) is 18.6 Å². The first-order valence-corrected chi connectivity index (χ1v) is 7.80. The first kappa shape index (κ1) is 15.5. The highest BCUT2D eigenvalue weighted by molar-refractivity contribution is 5.28. The lowest BCUT2D eigenvalue weighted by atomic mass is 9.85. The molecule has 0 aliphatic carbocycles. The molecule has 1 fully saturated rings. The summed E-state index contributed by atoms with van der Waals surface area (Å²) in [6.45, 7) is 9.89. The maximum atomic E-state index is 5.71. The highest BCUT2D eigenvalue weighted by Gasteiger charge is 2.30. The standard InChI is InChI=1S/C18H29NO/c1-13-16(10-11-20-13)17(19-5)12-14-6-8-15(9-7-14)18(2,3)4/h6-9,13,16-17,19H,10-12H2,1-5H3. The average Bonchev–Trinajstić information content (AvgIpc) is 2.82. The van der Waals surface area contributed by atoms with Gasteiger partial charge in [0.2, 0.25) is 0 Å². The first-order chi connectivity index (χ1) is 9.41. The van der Waals surface area contributed by atoms with Gasteiger partial charge in [0.05, 0.1) is 6.10 Å². The lowest BCUT2D eigenvalue weighted by Gasteiger charge is -2.26. The van der Waals surface area contributed by atoms with Crippen molar-refractivity contribution < 1.29 is 4.74 Å². The Kier molecular flexibility index (Phi) is 4.87. The molecule has 1 aliphatic rings. The van der Waals surface area contributed by atoms with Gasteiger partial charge >= 0.3 is 0 Å². The average molecular weight is 275 g/mol. The number of hydrogen-bond donors (Lipinski definition) is 1. The molecule has 20 heavy (non-hydrogen) atoms. The molecule has 1 N–H and O–H groups in total. The van der Waals surface area contributed by atoms with E-state index in [1.165, 1.54) is 17.5 Å². The van der Waals surface area contributed by atoms with Gasteiger partial charge in [-0.1, -0.05) is 45.0 Å². The van der Waals surface area contributed by atoms with Crippen LogP contribution in [0.5, 0.6) is 0 Å². The van der Waals surface area contributed by atoms with E-state index in [1.54, 1.807) is 0 Å². The van der Waals surface area contributed by atoms with Crippen LogP contribution in [0.25, 0.3) is 0 Å². The minimum atomic E-state index is 0.231. The SMILES string of the molecule is CNC(Cc1ccc(C(C)(C)C)cc1)C1CCOC1C. The molecule has 1 aromatic carbocycles. The van der Waals surface area contributed by atoms with Crippen LogP contribution < -0.4 is 5.32 Å². The third kappa shape index (κ3) is 3.62. The second kappa shape index (κ2) is 6.28. The van der Waals surface area contributed by atoms with Gasteiger partial charge in [0.15, 0.2) is 0 Å². The van der Waals surface area contributed by atoms with E-state index in [0.29, 0.717) is 18.1 Å². The van der Waals surface area contributed by atoms with Crippen LogP contribution in [0, 0.1) is 5.92 Å². The summed E-state index contributed by atoms with van der Waals surface area (Å²) in [4.78, 5) is 0. The molecule has 3 unspecified atom stereocenters. The fourth-order valence-electron chi connectivity index (χ4n) is 3.14. The monoisotopic (exact) mass is 275 g/mol. The number of likely N-dealkylation sites (N-methyl/N-ethyl adjacent to an activating group) is 1. The molecule has 2 nitrogen and oxygen atoms in total. The second-order valence-corrected chi connectivity index (χ2v) is 7.07. The quantitative estimate of drug-likeness (QED) is 0.907. The number of hydrogen-bond acceptors (Lipinski definition) is 2. The summed E-state index contributed by atoms with van der Waals surface area (Å²) in [5.74, 6) is 0.627. The van der Waals surface area contributed by atoms with Crippen molar-refractivity contribution in [1.82, 2.24) is 5.32 Å². The smallest absolute Gasteiger partial charge is 0.0590 e. The maximum Gasteiger partial charge on any atom is 0.0590 e. The minimum Gasteiger partial charge on any atom is -0.378 e. The molecule has 0 bridgehead atoms. The molecular formula is C18H29NO. The van der Waals surface area contributed by atoms with Crippen molar-refractivity contribution in [3.63, 3.8) is 0 Å². The Morgan fingerprint density at radius 2 is 1.90 bits per heavy atom. The van der Waals surface area contributed by atoms with E-state index in [9.17, 15) is 0 Å². The number of nitrogens with one attached hydrogen (secondary N) is 1. The van der Waals surface area contributed by atoms with Crippen molar-refractivity contribution in [3.05, 3.63) is 35.4 Å². The number of ether oxygens (including phenoxy) is 1. The molecule has 0 saturated carbocycles. The molecule has 0 amide bonds. The Balaban J connectivity index is 2.04. The zero-order chi connectivity index (χ0) is 14.8. The summed E-state index contributed by atoms with van der Waals surface area (Å²) in [6.07, 6.45) is 2.63. The highest BCUT2D eigenvalue weighted by atomic mass is 16.5. The Labute approximate surface area is 123 Å². The molecule has 0 aromatic heterocycles. The highest BCUT2D eigenvalue weighted by Crippen LogP contribution is 2.27. The van der Waals surface area contributed by atoms with Gasteiger partial charge in [-0.15, -0.1) is 0 Å². The van der Waals surface area contributed by atoms with Gasteiger partial charge in [0.25, 0.3) is 0 Å². The van der Waals surface area contributed by atoms with Crippen molar-refractivity contribution in [3.8, 4) is 0 Å². The predicted molar refractivity (Wildman–Crippen MR) is 85.2 cm³/mol. The molecule has 0 radical (unpaired) electrons. The zero-order valence-corrected chi connectivity index (χ0v) is 13.6. The zero-order valence-electron chi connectivity index (χ0n) is 13.6. The van der Waals surface area contributed by atoms with Crippen LogP contribution in [-0.2, 0) is 16.6 Å². The van der Waals surface area contributed by atoms with Crippen LogP contribution >= 0.6 is 0 Å². The third-order valence-electron chi connectivity index (χ3n) is 4.60. The van der Waals surface area contributed by atoms with E-state index >= 15 is 0 Å². The van der Waals surface area contributed by atoms with Gasteiger partial charge < -0.3 is 10.1 Å². The van der Waals surface area contributed by atoms with Crippen LogP contribution in [0.1, 0.15) is 45.2 Å². The molecule has 1 aromatic rings. The molecule has 2 heteroatoms. The molecule has 2 rings (SSSR count). The largest absolute Gasteiger partial charge is 0.378 e. The fourth-order valence-corrected chi connectivity index (χ4v) is 3.14. The molecule has 1 saturated heterocycles. The minimum absolute atomic E-state index is 0.231. The normalized spacial score (nSPS) is 24.9. The van der Waals surface area contributed by atoms with Crippen LogP contribution in [0.15, 0.2) is 24.3 Å². The molecule has 1 aliphatic heterocycles. The van der Waals surface area contributed by atoms with Crippen molar-refractivity contribution >= 4 is 0 Å². The first-order valence-electron chi connectivity index (χ1n) is 7.80. The Hall–Kier alpha value is -0.860. The molecule has 1 heterocycles. The maximum absolute atomic E-state index is 5.71. The molecule has 0 spiro atoms. The van der Waals surface area contributed by atoms with Gasteiger partial charge in [-0.2, -0.15) is 0 Å². The van der Waals surface area contributed by atoms with Gasteiger partial charge in [-0.25, -0.2) is 0 Å². The molecular weight excluding hydrogens is 246 g/mol. The van der Waals surface area contributed by atoms with Crippen LogP contribution in [0.3, 0.4) is 0 Å². The van der Waals surface area contributed by atoms with Crippen LogP contribution in [0.2, 0.25) is 0 Å². The Bertz CT molecular complexity index is 418. The summed E-state index contributed by atoms with van der Waals surface area (Å²) >= 11 is 0. The van der Waals surface area contributed by atoms with Crippen molar-refractivity contribution in [2.75, 3.05) is 13.7 Å². The van der Waals surface area contributed by atoms with Crippen LogP contribution in [0.4, 0.5) is 0 Å². The topological polar surface area (TPSA) is 21.3 Å². The third-order valence-corrected chi connectivity index (χ3v) is 4.60. The lowest BCUT2D eigenvalue weighted by Crippen LogP contribution is -2.38. The Morgan fingerprint density at radius 3 is 2.35 bits per heavy atom. The van der Waals surface area contributed by atoms with Crippen molar-refractivity contribution in [2.24, 2.45) is 5.92 Å².